The Morgan fingerprint density at radius 1 is 1.29 bits per heavy atom. The van der Waals surface area contributed by atoms with Crippen molar-refractivity contribution in [1.82, 2.24) is 15.6 Å². The maximum atomic E-state index is 11.8. The molecule has 2 N–H and O–H groups in total. The van der Waals surface area contributed by atoms with E-state index in [4.69, 9.17) is 11.6 Å². The van der Waals surface area contributed by atoms with E-state index in [2.05, 4.69) is 29.5 Å². The van der Waals surface area contributed by atoms with Crippen molar-refractivity contribution in [1.29, 1.82) is 0 Å². The van der Waals surface area contributed by atoms with Gasteiger partial charge in [-0.25, -0.2) is 9.78 Å². The van der Waals surface area contributed by atoms with Gasteiger partial charge in [0, 0.05) is 22.9 Å². The summed E-state index contributed by atoms with van der Waals surface area (Å²) in [6.07, 6.45) is 0. The molecule has 0 unspecified atom stereocenters. The van der Waals surface area contributed by atoms with E-state index in [0.717, 1.165) is 16.3 Å². The van der Waals surface area contributed by atoms with Gasteiger partial charge in [0.15, 0.2) is 0 Å². The SMILES string of the molecule is CC(C)c1nc(CNC(=O)NCc2ccccc2Cl)cs1. The Bertz CT molecular complexity index is 612. The van der Waals surface area contributed by atoms with Crippen molar-refractivity contribution in [3.63, 3.8) is 0 Å². The molecule has 0 aliphatic rings. The van der Waals surface area contributed by atoms with Crippen LogP contribution in [-0.2, 0) is 13.1 Å². The predicted octanol–water partition coefficient (Wildman–Crippen LogP) is 3.92. The van der Waals surface area contributed by atoms with Gasteiger partial charge < -0.3 is 10.6 Å². The standard InChI is InChI=1S/C15H18ClN3OS/c1-10(2)14-19-12(9-21-14)8-18-15(20)17-7-11-5-3-4-6-13(11)16/h3-6,9-10H,7-8H2,1-2H3,(H2,17,18,20). The van der Waals surface area contributed by atoms with Crippen LogP contribution in [0.2, 0.25) is 5.02 Å². The quantitative estimate of drug-likeness (QED) is 0.876. The van der Waals surface area contributed by atoms with Crippen LogP contribution in [0.4, 0.5) is 4.79 Å². The summed E-state index contributed by atoms with van der Waals surface area (Å²) in [4.78, 5) is 16.2. The number of hydrogen-bond acceptors (Lipinski definition) is 3. The number of carbonyl (C=O) groups excluding carboxylic acids is 1. The molecule has 4 nitrogen and oxygen atoms in total. The van der Waals surface area contributed by atoms with Gasteiger partial charge in [0.1, 0.15) is 0 Å². The summed E-state index contributed by atoms with van der Waals surface area (Å²) in [6, 6.07) is 7.22. The van der Waals surface area contributed by atoms with E-state index >= 15 is 0 Å². The highest BCUT2D eigenvalue weighted by atomic mass is 35.5. The summed E-state index contributed by atoms with van der Waals surface area (Å²) >= 11 is 7.65. The van der Waals surface area contributed by atoms with Crippen molar-refractivity contribution in [3.05, 3.63) is 50.9 Å². The van der Waals surface area contributed by atoms with Crippen LogP contribution in [0.25, 0.3) is 0 Å². The summed E-state index contributed by atoms with van der Waals surface area (Å²) in [5.41, 5.74) is 1.78. The first-order valence-electron chi connectivity index (χ1n) is 6.75. The first-order valence-corrected chi connectivity index (χ1v) is 8.01. The highest BCUT2D eigenvalue weighted by Gasteiger charge is 2.07. The number of benzene rings is 1. The van der Waals surface area contributed by atoms with Crippen molar-refractivity contribution < 1.29 is 4.79 Å². The Hall–Kier alpha value is -1.59. The van der Waals surface area contributed by atoms with Gasteiger partial charge in [-0.15, -0.1) is 11.3 Å². The second kappa shape index (κ2) is 7.43. The summed E-state index contributed by atoms with van der Waals surface area (Å²) < 4.78 is 0. The van der Waals surface area contributed by atoms with Gasteiger partial charge in [0.05, 0.1) is 17.2 Å². The van der Waals surface area contributed by atoms with Crippen LogP contribution in [0.1, 0.15) is 36.0 Å². The number of nitrogens with one attached hydrogen (secondary N) is 2. The topological polar surface area (TPSA) is 54.0 Å². The zero-order valence-electron chi connectivity index (χ0n) is 12.0. The Balaban J connectivity index is 1.78. The van der Waals surface area contributed by atoms with E-state index in [1.54, 1.807) is 17.4 Å². The minimum absolute atomic E-state index is 0.228. The highest BCUT2D eigenvalue weighted by molar-refractivity contribution is 7.09. The average molecular weight is 324 g/mol. The van der Waals surface area contributed by atoms with E-state index in [1.165, 1.54) is 0 Å². The Labute approximate surface area is 133 Å². The van der Waals surface area contributed by atoms with E-state index in [9.17, 15) is 4.79 Å². The lowest BCUT2D eigenvalue weighted by molar-refractivity contribution is 0.240. The fourth-order valence-corrected chi connectivity index (χ4v) is 2.76. The number of rotatable bonds is 5. The molecule has 1 heterocycles. The molecule has 0 atom stereocenters. The van der Waals surface area contributed by atoms with E-state index in [1.807, 2.05) is 23.6 Å². The van der Waals surface area contributed by atoms with Gasteiger partial charge >= 0.3 is 6.03 Å². The molecule has 1 aromatic heterocycles. The molecule has 112 valence electrons. The van der Waals surface area contributed by atoms with Gasteiger partial charge in [-0.2, -0.15) is 0 Å². The van der Waals surface area contributed by atoms with Crippen LogP contribution in [0.5, 0.6) is 0 Å². The molecule has 1 aromatic carbocycles. The number of amides is 2. The monoisotopic (exact) mass is 323 g/mol. The van der Waals surface area contributed by atoms with Crippen molar-refractivity contribution in [2.45, 2.75) is 32.9 Å². The molecular weight excluding hydrogens is 306 g/mol. The molecule has 2 amide bonds. The summed E-state index contributed by atoms with van der Waals surface area (Å²) in [6.45, 7) is 5.04. The second-order valence-electron chi connectivity index (χ2n) is 4.96. The van der Waals surface area contributed by atoms with Gasteiger partial charge in [-0.1, -0.05) is 43.6 Å². The first-order chi connectivity index (χ1) is 10.1. The summed E-state index contributed by atoms with van der Waals surface area (Å²) in [7, 11) is 0. The third kappa shape index (κ3) is 4.72. The zero-order valence-corrected chi connectivity index (χ0v) is 13.6. The molecular formula is C15H18ClN3OS. The maximum absolute atomic E-state index is 11.8. The normalized spacial score (nSPS) is 10.7. The molecule has 0 saturated heterocycles. The molecule has 21 heavy (non-hydrogen) atoms. The summed E-state index contributed by atoms with van der Waals surface area (Å²) in [5, 5.41) is 9.29. The smallest absolute Gasteiger partial charge is 0.315 e. The number of halogens is 1. The molecule has 0 fully saturated rings. The Morgan fingerprint density at radius 3 is 2.67 bits per heavy atom. The largest absolute Gasteiger partial charge is 0.334 e. The van der Waals surface area contributed by atoms with E-state index in [-0.39, 0.29) is 6.03 Å². The number of thiazole rings is 1. The highest BCUT2D eigenvalue weighted by Crippen LogP contribution is 2.19. The van der Waals surface area contributed by atoms with E-state index in [0.29, 0.717) is 24.0 Å². The number of aromatic nitrogens is 1. The molecule has 0 aliphatic heterocycles. The fourth-order valence-electron chi connectivity index (χ4n) is 1.72. The summed E-state index contributed by atoms with van der Waals surface area (Å²) in [5.74, 6) is 0.415. The third-order valence-corrected chi connectivity index (χ3v) is 4.45. The van der Waals surface area contributed by atoms with Gasteiger partial charge in [-0.05, 0) is 11.6 Å². The molecule has 0 spiro atoms. The van der Waals surface area contributed by atoms with Crippen LogP contribution >= 0.6 is 22.9 Å². The van der Waals surface area contributed by atoms with Crippen LogP contribution in [-0.4, -0.2) is 11.0 Å². The molecule has 0 aliphatic carbocycles. The first kappa shape index (κ1) is 15.8. The van der Waals surface area contributed by atoms with Crippen LogP contribution in [0.15, 0.2) is 29.6 Å². The molecule has 2 aromatic rings. The molecule has 0 bridgehead atoms. The molecule has 6 heteroatoms. The average Bonchev–Trinajstić information content (AvgIpc) is 2.93. The predicted molar refractivity (Wildman–Crippen MR) is 86.7 cm³/mol. The van der Waals surface area contributed by atoms with Crippen molar-refractivity contribution in [2.75, 3.05) is 0 Å². The van der Waals surface area contributed by atoms with Gasteiger partial charge in [0.25, 0.3) is 0 Å². The van der Waals surface area contributed by atoms with Crippen molar-refractivity contribution in [3.8, 4) is 0 Å². The number of carbonyl (C=O) groups is 1. The number of urea groups is 1. The number of hydrogen-bond donors (Lipinski definition) is 2. The lowest BCUT2D eigenvalue weighted by Crippen LogP contribution is -2.34. The maximum Gasteiger partial charge on any atom is 0.315 e. The lowest BCUT2D eigenvalue weighted by atomic mass is 10.2. The molecule has 2 rings (SSSR count). The second-order valence-corrected chi connectivity index (χ2v) is 6.26. The molecule has 0 saturated carbocycles. The molecule has 0 radical (unpaired) electrons. The third-order valence-electron chi connectivity index (χ3n) is 2.89. The van der Waals surface area contributed by atoms with Gasteiger partial charge in [-0.3, -0.25) is 0 Å². The minimum Gasteiger partial charge on any atom is -0.334 e. The van der Waals surface area contributed by atoms with Crippen LogP contribution in [0, 0.1) is 0 Å². The van der Waals surface area contributed by atoms with Crippen molar-refractivity contribution >= 4 is 29.0 Å². The Kier molecular flexibility index (Phi) is 5.59. The lowest BCUT2D eigenvalue weighted by Gasteiger charge is -2.07. The Morgan fingerprint density at radius 2 is 2.00 bits per heavy atom. The van der Waals surface area contributed by atoms with E-state index < -0.39 is 0 Å². The van der Waals surface area contributed by atoms with Crippen molar-refractivity contribution in [2.24, 2.45) is 0 Å². The zero-order chi connectivity index (χ0) is 15.2. The van der Waals surface area contributed by atoms with Crippen LogP contribution in [0.3, 0.4) is 0 Å². The minimum atomic E-state index is -0.228. The van der Waals surface area contributed by atoms with Gasteiger partial charge in [0.2, 0.25) is 0 Å². The fraction of sp³-hybridized carbons (Fsp3) is 0.333. The van der Waals surface area contributed by atoms with Crippen LogP contribution < -0.4 is 10.6 Å². The number of nitrogens with zero attached hydrogens (tertiary/aromatic N) is 1.